The maximum absolute atomic E-state index is 13.1. The fourth-order valence-corrected chi connectivity index (χ4v) is 5.52. The number of piperazine rings is 1. The molecule has 2 aliphatic heterocycles. The van der Waals surface area contributed by atoms with E-state index in [-0.39, 0.29) is 54.6 Å². The first-order valence-electron chi connectivity index (χ1n) is 12.8. The van der Waals surface area contributed by atoms with Gasteiger partial charge in [-0.25, -0.2) is 4.79 Å². The average Bonchev–Trinajstić information content (AvgIpc) is 3.65. The number of hydrogen-bond acceptors (Lipinski definition) is 6. The number of nitrogens with zero attached hydrogens (tertiary/aromatic N) is 3. The van der Waals surface area contributed by atoms with Gasteiger partial charge in [0.25, 0.3) is 0 Å². The molecule has 14 heteroatoms. The number of aliphatic hydroxyl groups excluding tert-OH is 2. The van der Waals surface area contributed by atoms with Crippen molar-refractivity contribution < 1.29 is 42.5 Å². The largest absolute Gasteiger partial charge is 0.573 e. The van der Waals surface area contributed by atoms with Crippen molar-refractivity contribution in [2.75, 3.05) is 38.1 Å². The van der Waals surface area contributed by atoms with E-state index in [4.69, 9.17) is 11.6 Å². The zero-order valence-electron chi connectivity index (χ0n) is 21.4. The number of rotatable bonds is 7. The summed E-state index contributed by atoms with van der Waals surface area (Å²) in [6.07, 6.45) is -2.33. The molecular formula is C25H32ClF3N4O6. The summed E-state index contributed by atoms with van der Waals surface area (Å²) in [6, 6.07) is 1.12. The number of halogens is 4. The van der Waals surface area contributed by atoms with Crippen molar-refractivity contribution in [1.82, 2.24) is 14.7 Å². The number of amides is 4. The van der Waals surface area contributed by atoms with Crippen LogP contribution in [0.4, 0.5) is 23.7 Å². The van der Waals surface area contributed by atoms with Crippen LogP contribution in [0.1, 0.15) is 39.0 Å². The Kier molecular flexibility index (Phi) is 8.52. The molecule has 1 aliphatic carbocycles. The number of piperidine rings is 1. The predicted molar refractivity (Wildman–Crippen MR) is 134 cm³/mol. The van der Waals surface area contributed by atoms with E-state index in [2.05, 4.69) is 10.1 Å². The third kappa shape index (κ3) is 6.69. The first-order valence-corrected chi connectivity index (χ1v) is 13.2. The lowest BCUT2D eigenvalue weighted by Gasteiger charge is -2.42. The summed E-state index contributed by atoms with van der Waals surface area (Å²) in [6.45, 7) is 2.33. The molecule has 1 aromatic rings. The van der Waals surface area contributed by atoms with Gasteiger partial charge in [0.15, 0.2) is 0 Å². The van der Waals surface area contributed by atoms with Crippen LogP contribution < -0.4 is 10.1 Å². The highest BCUT2D eigenvalue weighted by molar-refractivity contribution is 6.32. The Morgan fingerprint density at radius 2 is 1.95 bits per heavy atom. The van der Waals surface area contributed by atoms with Gasteiger partial charge in [-0.3, -0.25) is 9.59 Å². The molecule has 4 rings (SSSR count). The number of carbonyl (C=O) groups excluding carboxylic acids is 3. The maximum atomic E-state index is 13.1. The third-order valence-corrected chi connectivity index (χ3v) is 8.22. The fourth-order valence-electron chi connectivity index (χ4n) is 5.30. The molecule has 3 atom stereocenters. The van der Waals surface area contributed by atoms with Crippen molar-refractivity contribution in [3.63, 3.8) is 0 Å². The van der Waals surface area contributed by atoms with Crippen LogP contribution in [0.15, 0.2) is 18.2 Å². The molecule has 1 spiro atoms. The van der Waals surface area contributed by atoms with Crippen molar-refractivity contribution in [2.45, 2.75) is 63.6 Å². The number of anilines is 1. The van der Waals surface area contributed by atoms with Gasteiger partial charge in [0.2, 0.25) is 11.8 Å². The molecule has 2 saturated heterocycles. The number of β-amino-alcohol motifs (C(OH)–C–C–N with tert-alkyl or cyclic N) is 1. The molecule has 3 N–H and O–H groups in total. The molecule has 1 aromatic carbocycles. The van der Waals surface area contributed by atoms with Gasteiger partial charge in [-0.2, -0.15) is 0 Å². The fraction of sp³-hybridized carbons (Fsp3) is 0.640. The molecule has 1 saturated carbocycles. The lowest BCUT2D eigenvalue weighted by atomic mass is 9.90. The van der Waals surface area contributed by atoms with Crippen LogP contribution >= 0.6 is 11.6 Å². The van der Waals surface area contributed by atoms with Crippen LogP contribution in [0.25, 0.3) is 0 Å². The van der Waals surface area contributed by atoms with Gasteiger partial charge in [-0.15, -0.1) is 13.2 Å². The number of urea groups is 1. The SMILES string of the molecule is CC1C(=O)N(C(CO)CCC(=O)N2CCC3(CC3)C(O)C2)CCN1C(=O)Nc1ccc(OC(F)(F)F)c(Cl)c1. The third-order valence-electron chi connectivity index (χ3n) is 7.93. The van der Waals surface area contributed by atoms with Crippen LogP contribution in [-0.2, 0) is 9.59 Å². The van der Waals surface area contributed by atoms with E-state index < -0.39 is 42.2 Å². The van der Waals surface area contributed by atoms with Gasteiger partial charge in [0, 0.05) is 38.3 Å². The summed E-state index contributed by atoms with van der Waals surface area (Å²) in [5.74, 6) is -1.15. The lowest BCUT2D eigenvalue weighted by molar-refractivity contribution is -0.274. The average molecular weight is 577 g/mol. The molecule has 216 valence electrons. The summed E-state index contributed by atoms with van der Waals surface area (Å²) >= 11 is 5.84. The minimum absolute atomic E-state index is 0.0177. The minimum Gasteiger partial charge on any atom is -0.404 e. The molecule has 0 aromatic heterocycles. The maximum Gasteiger partial charge on any atom is 0.573 e. The zero-order valence-corrected chi connectivity index (χ0v) is 22.2. The number of hydrogen-bond donors (Lipinski definition) is 3. The van der Waals surface area contributed by atoms with Crippen molar-refractivity contribution >= 4 is 35.1 Å². The molecule has 2 heterocycles. The van der Waals surface area contributed by atoms with Gasteiger partial charge < -0.3 is 35.0 Å². The Hall–Kier alpha value is -2.77. The van der Waals surface area contributed by atoms with Gasteiger partial charge in [0.1, 0.15) is 11.8 Å². The molecule has 0 bridgehead atoms. The van der Waals surface area contributed by atoms with Crippen LogP contribution in [0.5, 0.6) is 5.75 Å². The molecule has 3 aliphatic rings. The smallest absolute Gasteiger partial charge is 0.404 e. The summed E-state index contributed by atoms with van der Waals surface area (Å²) in [5.41, 5.74) is 0.0969. The van der Waals surface area contributed by atoms with E-state index in [1.54, 1.807) is 4.90 Å². The molecule has 0 radical (unpaired) electrons. The van der Waals surface area contributed by atoms with Crippen molar-refractivity contribution in [3.05, 3.63) is 23.2 Å². The van der Waals surface area contributed by atoms with Gasteiger partial charge in [0.05, 0.1) is 23.8 Å². The summed E-state index contributed by atoms with van der Waals surface area (Å²) in [5, 5.41) is 22.5. The van der Waals surface area contributed by atoms with E-state index in [1.807, 2.05) is 0 Å². The van der Waals surface area contributed by atoms with Gasteiger partial charge in [-0.05, 0) is 56.2 Å². The van der Waals surface area contributed by atoms with Crippen LogP contribution in [0, 0.1) is 5.41 Å². The Labute approximate surface area is 228 Å². The Morgan fingerprint density at radius 1 is 1.23 bits per heavy atom. The lowest BCUT2D eigenvalue weighted by Crippen LogP contribution is -2.61. The van der Waals surface area contributed by atoms with Crippen molar-refractivity contribution in [1.29, 1.82) is 0 Å². The Balaban J connectivity index is 1.29. The van der Waals surface area contributed by atoms with Crippen LogP contribution in [0.2, 0.25) is 5.02 Å². The van der Waals surface area contributed by atoms with Gasteiger partial charge in [-0.1, -0.05) is 11.6 Å². The quantitative estimate of drug-likeness (QED) is 0.459. The predicted octanol–water partition coefficient (Wildman–Crippen LogP) is 2.82. The van der Waals surface area contributed by atoms with E-state index >= 15 is 0 Å². The number of nitrogens with one attached hydrogen (secondary N) is 1. The second kappa shape index (κ2) is 11.4. The van der Waals surface area contributed by atoms with Crippen LogP contribution in [0.3, 0.4) is 0 Å². The molecule has 4 amide bonds. The number of ether oxygens (including phenoxy) is 1. The zero-order chi connectivity index (χ0) is 28.5. The summed E-state index contributed by atoms with van der Waals surface area (Å²) in [7, 11) is 0. The van der Waals surface area contributed by atoms with Gasteiger partial charge >= 0.3 is 12.4 Å². The van der Waals surface area contributed by atoms with Crippen LogP contribution in [-0.4, -0.2) is 100 Å². The van der Waals surface area contributed by atoms with E-state index in [0.29, 0.717) is 13.1 Å². The highest BCUT2D eigenvalue weighted by atomic mass is 35.5. The highest BCUT2D eigenvalue weighted by Gasteiger charge is 2.51. The van der Waals surface area contributed by atoms with Crippen molar-refractivity contribution in [3.8, 4) is 5.75 Å². The van der Waals surface area contributed by atoms with E-state index in [9.17, 15) is 37.8 Å². The first kappa shape index (κ1) is 29.2. The number of likely N-dealkylation sites (tertiary alicyclic amines) is 1. The Bertz CT molecular complexity index is 1100. The minimum atomic E-state index is -4.92. The second-order valence-corrected chi connectivity index (χ2v) is 10.8. The topological polar surface area (TPSA) is 123 Å². The molecule has 10 nitrogen and oxygen atoms in total. The number of carbonyl (C=O) groups is 3. The molecule has 3 fully saturated rings. The first-order chi connectivity index (χ1) is 18.3. The van der Waals surface area contributed by atoms with E-state index in [1.165, 1.54) is 22.8 Å². The Morgan fingerprint density at radius 3 is 2.54 bits per heavy atom. The molecule has 39 heavy (non-hydrogen) atoms. The highest BCUT2D eigenvalue weighted by Crippen LogP contribution is 2.53. The number of alkyl halides is 3. The second-order valence-electron chi connectivity index (χ2n) is 10.4. The normalized spacial score (nSPS) is 23.6. The summed E-state index contributed by atoms with van der Waals surface area (Å²) < 4.78 is 41.1. The molecular weight excluding hydrogens is 545 g/mol. The number of aliphatic hydroxyl groups is 2. The monoisotopic (exact) mass is 576 g/mol. The standard InChI is InChI=1S/C25H32ClF3N4O6/c1-15-22(37)33(17(14-34)3-5-21(36)31-9-8-24(6-7-24)20(35)13-31)11-10-32(15)23(38)30-16-2-4-19(18(26)12-16)39-25(27,28)29/h2,4,12,15,17,20,34-35H,3,5-11,13-14H2,1H3,(H,30,38). The summed E-state index contributed by atoms with van der Waals surface area (Å²) in [4.78, 5) is 43.1. The molecule has 3 unspecified atom stereocenters. The van der Waals surface area contributed by atoms with E-state index in [0.717, 1.165) is 31.4 Å². The van der Waals surface area contributed by atoms with Crippen molar-refractivity contribution in [2.24, 2.45) is 5.41 Å². The number of benzene rings is 1.